The van der Waals surface area contributed by atoms with Gasteiger partial charge in [-0.05, 0) is 0 Å². The van der Waals surface area contributed by atoms with Crippen LogP contribution in [0.25, 0.3) is 0 Å². The monoisotopic (exact) mass is 230 g/mol. The molecule has 0 amide bonds. The van der Waals surface area contributed by atoms with Gasteiger partial charge in [-0.15, -0.1) is 0 Å². The van der Waals surface area contributed by atoms with Crippen LogP contribution in [0.1, 0.15) is 12.0 Å². The third-order valence-corrected chi connectivity index (χ3v) is 0.968. The van der Waals surface area contributed by atoms with E-state index in [1.54, 1.807) is 12.1 Å². The Hall–Kier alpha value is 0.326. The Kier molecular flexibility index (Phi) is 8.84. The van der Waals surface area contributed by atoms with Gasteiger partial charge in [0.25, 0.3) is 0 Å². The second-order valence-corrected chi connectivity index (χ2v) is 1.62. The molecule has 4 heteroatoms. The first-order valence-corrected chi connectivity index (χ1v) is 2.55. The van der Waals surface area contributed by atoms with E-state index in [-0.39, 0.29) is 45.6 Å². The second-order valence-electron chi connectivity index (χ2n) is 1.62. The van der Waals surface area contributed by atoms with E-state index in [0.717, 1.165) is 0 Å². The van der Waals surface area contributed by atoms with Gasteiger partial charge in [-0.25, -0.2) is 8.78 Å². The third-order valence-electron chi connectivity index (χ3n) is 0.968. The predicted molar refractivity (Wildman–Crippen MR) is 36.0 cm³/mol. The molecule has 0 saturated carbocycles. The maximum Gasteiger partial charge on any atom is 2.00 e. The van der Waals surface area contributed by atoms with E-state index < -0.39 is 6.43 Å². The largest absolute Gasteiger partial charge is 2.00 e. The van der Waals surface area contributed by atoms with Gasteiger partial charge in [0.1, 0.15) is 0 Å². The van der Waals surface area contributed by atoms with Crippen LogP contribution in [0.2, 0.25) is 0 Å². The average Bonchev–Trinajstić information content (AvgIpc) is 1.90. The molecule has 0 aliphatic carbocycles. The van der Waals surface area contributed by atoms with Crippen LogP contribution in [0.5, 0.6) is 0 Å². The van der Waals surface area contributed by atoms with E-state index in [1.165, 1.54) is 12.1 Å². The van der Waals surface area contributed by atoms with Crippen LogP contribution in [0.15, 0.2) is 24.3 Å². The summed E-state index contributed by atoms with van der Waals surface area (Å²) in [4.78, 5) is 0. The summed E-state index contributed by atoms with van der Waals surface area (Å²) in [6.45, 7) is 0. The van der Waals surface area contributed by atoms with Crippen molar-refractivity contribution < 1.29 is 25.8 Å². The molecule has 1 aromatic carbocycles. The molecule has 0 aliphatic heterocycles. The predicted octanol–water partition coefficient (Wildman–Crippen LogP) is -0.952. The van der Waals surface area contributed by atoms with Crippen molar-refractivity contribution in [1.82, 2.24) is 0 Å². The molecule has 0 radical (unpaired) electrons. The van der Waals surface area contributed by atoms with E-state index in [4.69, 9.17) is 0 Å². The number of benzene rings is 1. The van der Waals surface area contributed by atoms with Gasteiger partial charge in [-0.2, -0.15) is 30.3 Å². The molecule has 11 heavy (non-hydrogen) atoms. The molecular weight excluding hydrogens is 226 g/mol. The van der Waals surface area contributed by atoms with Crippen molar-refractivity contribution >= 4 is 23.1 Å². The molecule has 0 bridgehead atoms. The van der Waals surface area contributed by atoms with Crippen LogP contribution in [0.3, 0.4) is 0 Å². The van der Waals surface area contributed by atoms with Crippen LogP contribution in [-0.2, 0) is 0 Å². The molecule has 0 N–H and O–H groups in total. The van der Waals surface area contributed by atoms with Gasteiger partial charge < -0.3 is 17.0 Å². The molecule has 0 aliphatic rings. The van der Waals surface area contributed by atoms with Gasteiger partial charge in [0.15, 0.2) is 0 Å². The van der Waals surface area contributed by atoms with Crippen molar-refractivity contribution in [2.24, 2.45) is 0 Å². The summed E-state index contributed by atoms with van der Waals surface area (Å²) >= 11 is 0. The van der Waals surface area contributed by atoms with Gasteiger partial charge in [-0.1, -0.05) is 5.56 Å². The third kappa shape index (κ3) is 4.71. The molecule has 0 fully saturated rings. The topological polar surface area (TPSA) is 0 Å². The molecule has 0 unspecified atom stereocenters. The number of hydrogen-bond donors (Lipinski definition) is 0. The minimum atomic E-state index is -2.40. The number of alkyl halides is 2. The summed E-state index contributed by atoms with van der Waals surface area (Å²) in [5, 5.41) is 0. The smallest absolute Gasteiger partial charge is 1.00 e. The van der Waals surface area contributed by atoms with Crippen LogP contribution in [-0.4, -0.2) is 23.1 Å². The van der Waals surface area contributed by atoms with Crippen molar-refractivity contribution in [3.8, 4) is 0 Å². The molecule has 0 aromatic heterocycles. The van der Waals surface area contributed by atoms with Crippen molar-refractivity contribution in [2.45, 2.75) is 6.43 Å². The van der Waals surface area contributed by atoms with Crippen molar-refractivity contribution in [3.05, 3.63) is 35.9 Å². The van der Waals surface area contributed by atoms with E-state index in [9.17, 15) is 8.78 Å². The van der Waals surface area contributed by atoms with Crippen molar-refractivity contribution in [3.63, 3.8) is 0 Å². The van der Waals surface area contributed by atoms with Crippen LogP contribution in [0, 0.1) is 6.07 Å². The van der Waals surface area contributed by atoms with Gasteiger partial charge >= 0.3 is 23.1 Å². The van der Waals surface area contributed by atoms with Gasteiger partial charge in [0, 0.05) is 0 Å². The summed E-state index contributed by atoms with van der Waals surface area (Å²) in [6.07, 6.45) is -2.40. The van der Waals surface area contributed by atoms with Crippen molar-refractivity contribution in [2.75, 3.05) is 0 Å². The summed E-state index contributed by atoms with van der Waals surface area (Å²) < 4.78 is 23.5. The SMILES string of the molecule is FC(F)c1[c-]cccc1.[Br-].[Mg+2]. The van der Waals surface area contributed by atoms with E-state index in [1.807, 2.05) is 0 Å². The summed E-state index contributed by atoms with van der Waals surface area (Å²) in [7, 11) is 0. The van der Waals surface area contributed by atoms with Gasteiger partial charge in [-0.3, -0.25) is 0 Å². The minimum absolute atomic E-state index is 0. The standard InChI is InChI=1S/C7H5F2.BrH.Mg/c8-7(9)6-4-2-1-3-5-6;;/h1-4,7H;1H;/q-1;;+2/p-1. The fourth-order valence-electron chi connectivity index (χ4n) is 0.543. The molecule has 0 saturated heterocycles. The first-order valence-electron chi connectivity index (χ1n) is 2.55. The number of rotatable bonds is 1. The molecule has 0 spiro atoms. The maximum absolute atomic E-state index is 11.7. The molecular formula is C7H5BrF2Mg. The first-order chi connectivity index (χ1) is 4.30. The van der Waals surface area contributed by atoms with Gasteiger partial charge in [0.05, 0.1) is 0 Å². The zero-order chi connectivity index (χ0) is 6.69. The van der Waals surface area contributed by atoms with E-state index in [2.05, 4.69) is 6.07 Å². The Morgan fingerprint density at radius 3 is 2.18 bits per heavy atom. The Bertz CT molecular complexity index is 179. The molecule has 1 rings (SSSR count). The zero-order valence-corrected chi connectivity index (χ0v) is 8.73. The molecule has 1 aromatic rings. The molecule has 0 nitrogen and oxygen atoms in total. The summed E-state index contributed by atoms with van der Waals surface area (Å²) in [6, 6.07) is 8.47. The Labute approximate surface area is 90.9 Å². The fraction of sp³-hybridized carbons (Fsp3) is 0.143. The van der Waals surface area contributed by atoms with Gasteiger partial charge in [0.2, 0.25) is 6.43 Å². The fourth-order valence-corrected chi connectivity index (χ4v) is 0.543. The zero-order valence-electron chi connectivity index (χ0n) is 5.73. The Balaban J connectivity index is 0. The summed E-state index contributed by atoms with van der Waals surface area (Å²) in [5.41, 5.74) is -0.0440. The van der Waals surface area contributed by atoms with Crippen LogP contribution in [0.4, 0.5) is 8.78 Å². The second kappa shape index (κ2) is 7.00. The normalized spacial score (nSPS) is 8.27. The van der Waals surface area contributed by atoms with Crippen LogP contribution >= 0.6 is 0 Å². The average molecular weight is 231 g/mol. The van der Waals surface area contributed by atoms with E-state index >= 15 is 0 Å². The molecule has 0 atom stereocenters. The number of hydrogen-bond acceptors (Lipinski definition) is 0. The first kappa shape index (κ1) is 13.9. The minimum Gasteiger partial charge on any atom is -1.00 e. The maximum atomic E-state index is 11.7. The molecule has 0 heterocycles. The van der Waals surface area contributed by atoms with Crippen LogP contribution < -0.4 is 17.0 Å². The molecule has 56 valence electrons. The van der Waals surface area contributed by atoms with E-state index in [0.29, 0.717) is 0 Å². The summed E-state index contributed by atoms with van der Waals surface area (Å²) in [5.74, 6) is 0. The number of halogens is 3. The van der Waals surface area contributed by atoms with Crippen molar-refractivity contribution in [1.29, 1.82) is 0 Å². The quantitative estimate of drug-likeness (QED) is 0.432. The Morgan fingerprint density at radius 2 is 1.91 bits per heavy atom. The Morgan fingerprint density at radius 1 is 1.27 bits per heavy atom.